The smallest absolute Gasteiger partial charge is 0.283 e. The van der Waals surface area contributed by atoms with E-state index in [0.717, 1.165) is 4.31 Å². The normalized spacial score (nSPS) is 10.8. The van der Waals surface area contributed by atoms with Crippen molar-refractivity contribution >= 4 is 21.4 Å². The fourth-order valence-electron chi connectivity index (χ4n) is 1.63. The average molecular weight is 288 g/mol. The van der Waals surface area contributed by atoms with Crippen molar-refractivity contribution in [3.63, 3.8) is 0 Å². The van der Waals surface area contributed by atoms with Crippen molar-refractivity contribution in [2.45, 2.75) is 5.03 Å². The van der Waals surface area contributed by atoms with Crippen LogP contribution in [-0.2, 0) is 10.0 Å². The number of nitrogens with zero attached hydrogens (tertiary/aromatic N) is 3. The van der Waals surface area contributed by atoms with Gasteiger partial charge in [-0.2, -0.15) is 13.7 Å². The van der Waals surface area contributed by atoms with Crippen LogP contribution < -0.4 is 10.0 Å². The molecule has 0 atom stereocenters. The minimum Gasteiger partial charge on any atom is -0.396 e. The molecule has 1 aromatic heterocycles. The van der Waals surface area contributed by atoms with Gasteiger partial charge in [0, 0.05) is 13.2 Å². The molecule has 0 spiro atoms. The molecule has 2 rings (SSSR count). The zero-order chi connectivity index (χ0) is 14.8. The Morgan fingerprint density at radius 3 is 2.45 bits per heavy atom. The van der Waals surface area contributed by atoms with E-state index in [1.165, 1.54) is 19.3 Å². The molecule has 0 saturated carbocycles. The molecule has 0 aliphatic rings. The first-order chi connectivity index (χ1) is 9.46. The summed E-state index contributed by atoms with van der Waals surface area (Å²) in [5.74, 6) is 0. The fourth-order valence-corrected chi connectivity index (χ4v) is 2.85. The van der Waals surface area contributed by atoms with E-state index in [4.69, 9.17) is 11.0 Å². The van der Waals surface area contributed by atoms with Crippen LogP contribution in [0.15, 0.2) is 47.6 Å². The molecular formula is C13H12N4O2S. The number of hydrogen-bond donors (Lipinski definition) is 1. The zero-order valence-corrected chi connectivity index (χ0v) is 11.5. The topological polar surface area (TPSA) is 100 Å². The lowest BCUT2D eigenvalue weighted by molar-refractivity contribution is 0.591. The minimum atomic E-state index is -3.83. The molecule has 20 heavy (non-hydrogen) atoms. The highest BCUT2D eigenvalue weighted by molar-refractivity contribution is 7.92. The lowest BCUT2D eigenvalue weighted by Crippen LogP contribution is -2.28. The predicted molar refractivity (Wildman–Crippen MR) is 75.4 cm³/mol. The number of anilines is 2. The summed E-state index contributed by atoms with van der Waals surface area (Å²) in [6.45, 7) is 0. The number of nitriles is 1. The van der Waals surface area contributed by atoms with Crippen LogP contribution in [0.1, 0.15) is 5.56 Å². The Kier molecular flexibility index (Phi) is 3.59. The van der Waals surface area contributed by atoms with Crippen LogP contribution in [0.3, 0.4) is 0 Å². The maximum absolute atomic E-state index is 12.4. The Hall–Kier alpha value is -2.59. The molecule has 102 valence electrons. The summed E-state index contributed by atoms with van der Waals surface area (Å²) in [4.78, 5) is 3.82. The second-order valence-electron chi connectivity index (χ2n) is 4.03. The minimum absolute atomic E-state index is 0.0907. The number of sulfonamides is 1. The molecule has 0 saturated heterocycles. The maximum Gasteiger partial charge on any atom is 0.283 e. The molecule has 0 aliphatic heterocycles. The van der Waals surface area contributed by atoms with Crippen molar-refractivity contribution in [3.05, 3.63) is 48.2 Å². The average Bonchev–Trinajstić information content (AvgIpc) is 2.47. The van der Waals surface area contributed by atoms with Gasteiger partial charge in [-0.1, -0.05) is 0 Å². The first kappa shape index (κ1) is 13.8. The van der Waals surface area contributed by atoms with E-state index in [1.807, 2.05) is 6.07 Å². The first-order valence-electron chi connectivity index (χ1n) is 5.66. The lowest BCUT2D eigenvalue weighted by Gasteiger charge is -2.19. The molecule has 0 aliphatic carbocycles. The number of benzene rings is 1. The van der Waals surface area contributed by atoms with Gasteiger partial charge in [0.15, 0.2) is 5.03 Å². The van der Waals surface area contributed by atoms with Crippen molar-refractivity contribution < 1.29 is 8.42 Å². The standard InChI is InChI=1S/C13H12N4O2S/c1-17(11-6-4-10(9-14)5-7-11)20(18,19)13-12(15)3-2-8-16-13/h2-8H,15H2,1H3. The number of hydrogen-bond acceptors (Lipinski definition) is 5. The Morgan fingerprint density at radius 2 is 1.90 bits per heavy atom. The molecule has 2 aromatic rings. The molecule has 7 heteroatoms. The first-order valence-corrected chi connectivity index (χ1v) is 7.10. The van der Waals surface area contributed by atoms with E-state index in [-0.39, 0.29) is 10.7 Å². The Balaban J connectivity index is 2.44. The molecule has 0 amide bonds. The van der Waals surface area contributed by atoms with Gasteiger partial charge in [-0.25, -0.2) is 4.98 Å². The summed E-state index contributed by atoms with van der Waals surface area (Å²) in [7, 11) is -2.42. The number of nitrogens with two attached hydrogens (primary N) is 1. The molecule has 6 nitrogen and oxygen atoms in total. The van der Waals surface area contributed by atoms with E-state index in [0.29, 0.717) is 11.3 Å². The van der Waals surface area contributed by atoms with Crippen molar-refractivity contribution in [2.75, 3.05) is 17.1 Å². The van der Waals surface area contributed by atoms with Gasteiger partial charge < -0.3 is 5.73 Å². The van der Waals surface area contributed by atoms with Gasteiger partial charge in [-0.15, -0.1) is 0 Å². The number of nitrogen functional groups attached to an aromatic ring is 1. The third-order valence-corrected chi connectivity index (χ3v) is 4.53. The van der Waals surface area contributed by atoms with Crippen molar-refractivity contribution in [1.82, 2.24) is 4.98 Å². The summed E-state index contributed by atoms with van der Waals surface area (Å²) >= 11 is 0. The largest absolute Gasteiger partial charge is 0.396 e. The fraction of sp³-hybridized carbons (Fsp3) is 0.0769. The van der Waals surface area contributed by atoms with Gasteiger partial charge in [0.2, 0.25) is 0 Å². The van der Waals surface area contributed by atoms with Gasteiger partial charge in [-0.3, -0.25) is 4.31 Å². The second kappa shape index (κ2) is 5.19. The van der Waals surface area contributed by atoms with Gasteiger partial charge in [-0.05, 0) is 36.4 Å². The highest BCUT2D eigenvalue weighted by Gasteiger charge is 2.24. The Morgan fingerprint density at radius 1 is 1.25 bits per heavy atom. The molecule has 1 aromatic carbocycles. The third-order valence-electron chi connectivity index (χ3n) is 2.77. The summed E-state index contributed by atoms with van der Waals surface area (Å²) in [5, 5.41) is 8.54. The summed E-state index contributed by atoms with van der Waals surface area (Å²) in [6.07, 6.45) is 1.37. The van der Waals surface area contributed by atoms with E-state index >= 15 is 0 Å². The monoisotopic (exact) mass is 288 g/mol. The third kappa shape index (κ3) is 2.41. The number of rotatable bonds is 3. The van der Waals surface area contributed by atoms with E-state index in [1.54, 1.807) is 30.3 Å². The molecular weight excluding hydrogens is 276 g/mol. The van der Waals surface area contributed by atoms with Gasteiger partial charge in [0.1, 0.15) is 0 Å². The van der Waals surface area contributed by atoms with E-state index in [9.17, 15) is 8.42 Å². The number of aromatic nitrogens is 1. The van der Waals surface area contributed by atoms with Crippen LogP contribution in [0.4, 0.5) is 11.4 Å². The highest BCUT2D eigenvalue weighted by Crippen LogP contribution is 2.24. The Bertz CT molecular complexity index is 764. The van der Waals surface area contributed by atoms with Crippen LogP contribution in [0.5, 0.6) is 0 Å². The van der Waals surface area contributed by atoms with E-state index < -0.39 is 10.0 Å². The molecule has 0 radical (unpaired) electrons. The van der Waals surface area contributed by atoms with Gasteiger partial charge in [0.25, 0.3) is 10.0 Å². The molecule has 0 fully saturated rings. The second-order valence-corrected chi connectivity index (χ2v) is 5.91. The van der Waals surface area contributed by atoms with Crippen LogP contribution in [0.25, 0.3) is 0 Å². The highest BCUT2D eigenvalue weighted by atomic mass is 32.2. The quantitative estimate of drug-likeness (QED) is 0.919. The van der Waals surface area contributed by atoms with Crippen LogP contribution in [0, 0.1) is 11.3 Å². The van der Waals surface area contributed by atoms with Gasteiger partial charge in [0.05, 0.1) is 23.0 Å². The van der Waals surface area contributed by atoms with Crippen molar-refractivity contribution in [2.24, 2.45) is 0 Å². The summed E-state index contributed by atoms with van der Waals surface area (Å²) < 4.78 is 25.9. The molecule has 0 unspecified atom stereocenters. The SMILES string of the molecule is CN(c1ccc(C#N)cc1)S(=O)(=O)c1ncccc1N. The molecule has 1 heterocycles. The predicted octanol–water partition coefficient (Wildman–Crippen LogP) is 1.36. The summed E-state index contributed by atoms with van der Waals surface area (Å²) in [5.41, 5.74) is 6.63. The number of pyridine rings is 1. The Labute approximate surface area is 117 Å². The van der Waals surface area contributed by atoms with Crippen LogP contribution in [0.2, 0.25) is 0 Å². The van der Waals surface area contributed by atoms with Crippen molar-refractivity contribution in [3.8, 4) is 6.07 Å². The molecule has 2 N–H and O–H groups in total. The van der Waals surface area contributed by atoms with E-state index in [2.05, 4.69) is 4.98 Å². The lowest BCUT2D eigenvalue weighted by atomic mass is 10.2. The van der Waals surface area contributed by atoms with Crippen LogP contribution >= 0.6 is 0 Å². The summed E-state index contributed by atoms with van der Waals surface area (Å²) in [6, 6.07) is 11.2. The molecule has 0 bridgehead atoms. The van der Waals surface area contributed by atoms with Crippen LogP contribution in [-0.4, -0.2) is 20.4 Å². The van der Waals surface area contributed by atoms with Gasteiger partial charge >= 0.3 is 0 Å². The van der Waals surface area contributed by atoms with Crippen molar-refractivity contribution in [1.29, 1.82) is 5.26 Å². The zero-order valence-electron chi connectivity index (χ0n) is 10.7. The maximum atomic E-state index is 12.4.